The second kappa shape index (κ2) is 9.43. The van der Waals surface area contributed by atoms with Gasteiger partial charge in [-0.15, -0.1) is 0 Å². The number of thioether (sulfide) groups is 1. The van der Waals surface area contributed by atoms with Crippen molar-refractivity contribution in [2.45, 2.75) is 13.8 Å². The first-order chi connectivity index (χ1) is 14.8. The van der Waals surface area contributed by atoms with Crippen molar-refractivity contribution in [3.05, 3.63) is 68.6 Å². The van der Waals surface area contributed by atoms with Crippen molar-refractivity contribution in [1.82, 2.24) is 4.90 Å². The zero-order valence-electron chi connectivity index (χ0n) is 16.8. The summed E-state index contributed by atoms with van der Waals surface area (Å²) in [5, 5.41) is 20.8. The minimum Gasteiger partial charge on any atom is -0.487 e. The molecule has 2 aromatic rings. The van der Waals surface area contributed by atoms with Crippen LogP contribution in [0.4, 0.5) is 11.4 Å². The molecule has 0 atom stereocenters. The Morgan fingerprint density at radius 3 is 2.55 bits per heavy atom. The molecule has 2 aromatic carbocycles. The second-order valence-electron chi connectivity index (χ2n) is 6.32. The molecule has 1 saturated heterocycles. The molecule has 0 spiro atoms. The standard InChI is InChI=1S/C21H19N3O6S/c1-3-23-19(25)18(12-13-5-10-17(30-4-2)16(11-13)24(28)29)31-21(23)22-15-8-6-14(7-9-15)20(26)27/h5-12H,3-4H2,1-2H3,(H,26,27)/b18-12+,22-21?. The normalized spacial score (nSPS) is 16.2. The van der Waals surface area contributed by atoms with Crippen molar-refractivity contribution in [2.24, 2.45) is 4.99 Å². The van der Waals surface area contributed by atoms with Gasteiger partial charge in [-0.25, -0.2) is 9.79 Å². The van der Waals surface area contributed by atoms with Gasteiger partial charge in [0.05, 0.1) is 27.7 Å². The number of carbonyl (C=O) groups excluding carboxylic acids is 1. The molecule has 10 heteroatoms. The van der Waals surface area contributed by atoms with Crippen LogP contribution in [0.5, 0.6) is 5.75 Å². The lowest BCUT2D eigenvalue weighted by Gasteiger charge is -2.12. The Kier molecular flexibility index (Phi) is 6.71. The Hall–Kier alpha value is -3.66. The van der Waals surface area contributed by atoms with Crippen LogP contribution in [0.15, 0.2) is 52.4 Å². The summed E-state index contributed by atoms with van der Waals surface area (Å²) < 4.78 is 5.29. The number of rotatable bonds is 7. The van der Waals surface area contributed by atoms with Gasteiger partial charge in [0.25, 0.3) is 5.91 Å². The van der Waals surface area contributed by atoms with Crippen LogP contribution in [0.25, 0.3) is 6.08 Å². The van der Waals surface area contributed by atoms with Crippen LogP contribution < -0.4 is 4.74 Å². The summed E-state index contributed by atoms with van der Waals surface area (Å²) in [6, 6.07) is 10.5. The summed E-state index contributed by atoms with van der Waals surface area (Å²) in [4.78, 5) is 40.9. The molecule has 1 N–H and O–H groups in total. The lowest BCUT2D eigenvalue weighted by molar-refractivity contribution is -0.385. The number of nitrogens with zero attached hydrogens (tertiary/aromatic N) is 3. The first kappa shape index (κ1) is 22.0. The largest absolute Gasteiger partial charge is 0.487 e. The molecule has 0 radical (unpaired) electrons. The molecule has 1 aliphatic rings. The molecule has 0 aromatic heterocycles. The number of ether oxygens (including phenoxy) is 1. The molecule has 9 nitrogen and oxygen atoms in total. The van der Waals surface area contributed by atoms with Crippen molar-refractivity contribution in [3.63, 3.8) is 0 Å². The number of nitro benzene ring substituents is 1. The fraction of sp³-hybridized carbons (Fsp3) is 0.190. The molecule has 0 saturated carbocycles. The monoisotopic (exact) mass is 441 g/mol. The van der Waals surface area contributed by atoms with Crippen molar-refractivity contribution in [3.8, 4) is 5.75 Å². The Morgan fingerprint density at radius 2 is 1.97 bits per heavy atom. The topological polar surface area (TPSA) is 122 Å². The number of carboxylic acid groups (broad SMARTS) is 1. The lowest BCUT2D eigenvalue weighted by atomic mass is 10.1. The summed E-state index contributed by atoms with van der Waals surface area (Å²) >= 11 is 1.15. The molecule has 1 heterocycles. The summed E-state index contributed by atoms with van der Waals surface area (Å²) in [5.41, 5.74) is 0.973. The number of amidine groups is 1. The third-order valence-corrected chi connectivity index (χ3v) is 5.33. The van der Waals surface area contributed by atoms with E-state index in [0.29, 0.717) is 34.5 Å². The highest BCUT2D eigenvalue weighted by atomic mass is 32.2. The Labute approximate surface area is 182 Å². The molecule has 0 bridgehead atoms. The Balaban J connectivity index is 1.92. The molecule has 160 valence electrons. The van der Waals surface area contributed by atoms with Crippen molar-refractivity contribution < 1.29 is 24.4 Å². The van der Waals surface area contributed by atoms with E-state index in [-0.39, 0.29) is 22.9 Å². The number of likely N-dealkylation sites (N-methyl/N-ethyl adjacent to an activating group) is 1. The van der Waals surface area contributed by atoms with E-state index in [9.17, 15) is 19.7 Å². The predicted octanol–water partition coefficient (Wildman–Crippen LogP) is 4.32. The van der Waals surface area contributed by atoms with Gasteiger partial charge in [0, 0.05) is 12.6 Å². The van der Waals surface area contributed by atoms with Gasteiger partial charge in [-0.05, 0) is 67.6 Å². The van der Waals surface area contributed by atoms with E-state index < -0.39 is 10.9 Å². The zero-order chi connectivity index (χ0) is 22.5. The van der Waals surface area contributed by atoms with Gasteiger partial charge in [0.15, 0.2) is 10.9 Å². The number of hydrogen-bond acceptors (Lipinski definition) is 7. The molecule has 0 unspecified atom stereocenters. The highest BCUT2D eigenvalue weighted by Gasteiger charge is 2.32. The fourth-order valence-electron chi connectivity index (χ4n) is 2.86. The number of carbonyl (C=O) groups is 2. The third-order valence-electron chi connectivity index (χ3n) is 4.32. The minimum absolute atomic E-state index is 0.143. The van der Waals surface area contributed by atoms with E-state index in [1.807, 2.05) is 6.92 Å². The average Bonchev–Trinajstić information content (AvgIpc) is 3.03. The van der Waals surface area contributed by atoms with Crippen LogP contribution in [0, 0.1) is 10.1 Å². The highest BCUT2D eigenvalue weighted by Crippen LogP contribution is 2.35. The summed E-state index contributed by atoms with van der Waals surface area (Å²) in [6.07, 6.45) is 1.58. The summed E-state index contributed by atoms with van der Waals surface area (Å²) in [5.74, 6) is -1.12. The van der Waals surface area contributed by atoms with Crippen molar-refractivity contribution >= 4 is 46.3 Å². The summed E-state index contributed by atoms with van der Waals surface area (Å²) in [6.45, 7) is 4.24. The van der Waals surface area contributed by atoms with Gasteiger partial charge < -0.3 is 9.84 Å². The lowest BCUT2D eigenvalue weighted by Crippen LogP contribution is -2.28. The number of carboxylic acids is 1. The number of aliphatic imine (C=N–C) groups is 1. The van der Waals surface area contributed by atoms with E-state index in [4.69, 9.17) is 9.84 Å². The molecule has 1 amide bonds. The van der Waals surface area contributed by atoms with Gasteiger partial charge in [-0.1, -0.05) is 6.07 Å². The van der Waals surface area contributed by atoms with Gasteiger partial charge in [-0.3, -0.25) is 19.8 Å². The van der Waals surface area contributed by atoms with Crippen LogP contribution in [-0.4, -0.2) is 45.1 Å². The maximum Gasteiger partial charge on any atom is 0.335 e. The van der Waals surface area contributed by atoms with Crippen LogP contribution in [0.2, 0.25) is 0 Å². The molecule has 31 heavy (non-hydrogen) atoms. The number of nitro groups is 1. The minimum atomic E-state index is -1.03. The highest BCUT2D eigenvalue weighted by molar-refractivity contribution is 8.18. The van der Waals surface area contributed by atoms with E-state index in [2.05, 4.69) is 4.99 Å². The molecule has 1 fully saturated rings. The third kappa shape index (κ3) is 4.92. The van der Waals surface area contributed by atoms with Crippen LogP contribution >= 0.6 is 11.8 Å². The van der Waals surface area contributed by atoms with Crippen LogP contribution in [0.3, 0.4) is 0 Å². The number of aromatic carboxylic acids is 1. The molecular formula is C21H19N3O6S. The number of hydrogen-bond donors (Lipinski definition) is 1. The van der Waals surface area contributed by atoms with Crippen molar-refractivity contribution in [1.29, 1.82) is 0 Å². The zero-order valence-corrected chi connectivity index (χ0v) is 17.6. The van der Waals surface area contributed by atoms with E-state index in [1.165, 1.54) is 29.2 Å². The Bertz CT molecular complexity index is 1090. The maximum atomic E-state index is 12.8. The number of benzene rings is 2. The van der Waals surface area contributed by atoms with Gasteiger partial charge >= 0.3 is 11.7 Å². The first-order valence-corrected chi connectivity index (χ1v) is 10.2. The molecule has 3 rings (SSSR count). The summed E-state index contributed by atoms with van der Waals surface area (Å²) in [7, 11) is 0. The van der Waals surface area contributed by atoms with Gasteiger partial charge in [-0.2, -0.15) is 0 Å². The second-order valence-corrected chi connectivity index (χ2v) is 7.33. The fourth-order valence-corrected chi connectivity index (χ4v) is 3.92. The molecule has 1 aliphatic heterocycles. The van der Waals surface area contributed by atoms with Crippen LogP contribution in [-0.2, 0) is 4.79 Å². The quantitative estimate of drug-likeness (QED) is 0.386. The maximum absolute atomic E-state index is 12.8. The average molecular weight is 441 g/mol. The van der Waals surface area contributed by atoms with Gasteiger partial charge in [0.2, 0.25) is 0 Å². The molecule has 0 aliphatic carbocycles. The van der Waals surface area contributed by atoms with Gasteiger partial charge in [0.1, 0.15) is 0 Å². The predicted molar refractivity (Wildman–Crippen MR) is 118 cm³/mol. The van der Waals surface area contributed by atoms with Crippen molar-refractivity contribution in [2.75, 3.05) is 13.2 Å². The smallest absolute Gasteiger partial charge is 0.335 e. The van der Waals surface area contributed by atoms with E-state index in [1.54, 1.807) is 31.2 Å². The first-order valence-electron chi connectivity index (χ1n) is 9.38. The Morgan fingerprint density at radius 1 is 1.26 bits per heavy atom. The van der Waals surface area contributed by atoms with E-state index >= 15 is 0 Å². The SMILES string of the molecule is CCOc1ccc(/C=C2/SC(=Nc3ccc(C(=O)O)cc3)N(CC)C2=O)cc1[N+](=O)[O-]. The number of amides is 1. The van der Waals surface area contributed by atoms with E-state index in [0.717, 1.165) is 11.8 Å². The molecular weight excluding hydrogens is 422 g/mol. The van der Waals surface area contributed by atoms with Crippen LogP contribution in [0.1, 0.15) is 29.8 Å².